The molecule has 0 aromatic heterocycles. The van der Waals surface area contributed by atoms with Crippen molar-refractivity contribution < 1.29 is 9.59 Å². The Balaban J connectivity index is 0.00000220. The minimum atomic E-state index is -0.327. The summed E-state index contributed by atoms with van der Waals surface area (Å²) in [5.41, 5.74) is 6.16. The van der Waals surface area contributed by atoms with Gasteiger partial charge in [0, 0.05) is 11.6 Å². The Kier molecular flexibility index (Phi) is 6.95. The lowest BCUT2D eigenvalue weighted by Gasteiger charge is -2.26. The van der Waals surface area contributed by atoms with E-state index in [1.54, 1.807) is 4.90 Å². The van der Waals surface area contributed by atoms with Gasteiger partial charge in [0.05, 0.1) is 19.1 Å². The van der Waals surface area contributed by atoms with Gasteiger partial charge < -0.3 is 16.0 Å². The van der Waals surface area contributed by atoms with Crippen LogP contribution in [0.25, 0.3) is 0 Å². The maximum Gasteiger partial charge on any atom is 0.242 e. The number of nitrogens with two attached hydrogens (primary N) is 1. The average Bonchev–Trinajstić information content (AvgIpc) is 2.94. The molecule has 2 rings (SSSR count). The zero-order chi connectivity index (χ0) is 14.5. The third-order valence-electron chi connectivity index (χ3n) is 3.46. The van der Waals surface area contributed by atoms with Crippen molar-refractivity contribution in [3.63, 3.8) is 0 Å². The molecule has 1 aliphatic heterocycles. The van der Waals surface area contributed by atoms with E-state index in [4.69, 9.17) is 17.3 Å². The number of nitrogens with zero attached hydrogens (tertiary/aromatic N) is 1. The number of hydrogen-bond acceptors (Lipinski definition) is 3. The Labute approximate surface area is 135 Å². The number of carbonyl (C=O) groups is 2. The second-order valence-electron chi connectivity index (χ2n) is 4.75. The molecule has 5 nitrogen and oxygen atoms in total. The highest BCUT2D eigenvalue weighted by molar-refractivity contribution is 6.31. The summed E-state index contributed by atoms with van der Waals surface area (Å²) in [5, 5.41) is 3.18. The molecule has 1 aromatic carbocycles. The Morgan fingerprint density at radius 3 is 2.76 bits per heavy atom. The molecule has 0 radical (unpaired) electrons. The molecular weight excluding hydrogens is 313 g/mol. The lowest BCUT2D eigenvalue weighted by Crippen LogP contribution is -2.41. The number of amides is 2. The van der Waals surface area contributed by atoms with E-state index in [0.29, 0.717) is 11.6 Å². The minimum absolute atomic E-state index is 0. The molecule has 1 aliphatic rings. The second-order valence-corrected chi connectivity index (χ2v) is 5.15. The summed E-state index contributed by atoms with van der Waals surface area (Å²) in [6.07, 6.45) is 1.83. The first-order valence-corrected chi connectivity index (χ1v) is 7.02. The molecule has 2 amide bonds. The molecule has 3 N–H and O–H groups in total. The highest BCUT2D eigenvalue weighted by atomic mass is 35.5. The maximum absolute atomic E-state index is 12.2. The van der Waals surface area contributed by atoms with E-state index < -0.39 is 0 Å². The average molecular weight is 332 g/mol. The van der Waals surface area contributed by atoms with Crippen LogP contribution in [0.4, 0.5) is 0 Å². The van der Waals surface area contributed by atoms with Gasteiger partial charge in [-0.15, -0.1) is 12.4 Å². The number of halogens is 2. The summed E-state index contributed by atoms with van der Waals surface area (Å²) in [7, 11) is 0. The smallest absolute Gasteiger partial charge is 0.242 e. The quantitative estimate of drug-likeness (QED) is 0.877. The summed E-state index contributed by atoms with van der Waals surface area (Å²) in [6, 6.07) is 7.55. The molecule has 0 aliphatic carbocycles. The van der Waals surface area contributed by atoms with Gasteiger partial charge in [0.1, 0.15) is 0 Å². The van der Waals surface area contributed by atoms with Crippen molar-refractivity contribution in [1.82, 2.24) is 10.2 Å². The van der Waals surface area contributed by atoms with Crippen molar-refractivity contribution in [2.45, 2.75) is 18.9 Å². The van der Waals surface area contributed by atoms with Crippen LogP contribution in [0.1, 0.15) is 24.4 Å². The number of hydrogen-bond donors (Lipinski definition) is 2. The van der Waals surface area contributed by atoms with Crippen LogP contribution in [-0.2, 0) is 9.59 Å². The highest BCUT2D eigenvalue weighted by Gasteiger charge is 2.30. The maximum atomic E-state index is 12.2. The van der Waals surface area contributed by atoms with Gasteiger partial charge in [-0.05, 0) is 24.5 Å². The lowest BCUT2D eigenvalue weighted by molar-refractivity contribution is -0.133. The van der Waals surface area contributed by atoms with Crippen molar-refractivity contribution in [2.75, 3.05) is 19.6 Å². The normalized spacial score (nSPS) is 17.2. The van der Waals surface area contributed by atoms with Crippen LogP contribution >= 0.6 is 24.0 Å². The van der Waals surface area contributed by atoms with Gasteiger partial charge in [-0.2, -0.15) is 0 Å². The van der Waals surface area contributed by atoms with Gasteiger partial charge >= 0.3 is 0 Å². The van der Waals surface area contributed by atoms with Crippen LogP contribution in [0.15, 0.2) is 24.3 Å². The minimum Gasteiger partial charge on any atom is -0.346 e. The van der Waals surface area contributed by atoms with Crippen LogP contribution in [-0.4, -0.2) is 36.3 Å². The SMILES string of the molecule is Cl.NCC(=O)NCC(=O)N1CCCC1c1ccccc1Cl. The van der Waals surface area contributed by atoms with E-state index in [-0.39, 0.29) is 43.4 Å². The van der Waals surface area contributed by atoms with E-state index in [2.05, 4.69) is 5.32 Å². The van der Waals surface area contributed by atoms with Crippen LogP contribution in [0.3, 0.4) is 0 Å². The molecule has 1 heterocycles. The molecule has 1 atom stereocenters. The Bertz CT molecular complexity index is 511. The predicted molar refractivity (Wildman–Crippen MR) is 84.5 cm³/mol. The van der Waals surface area contributed by atoms with Crippen molar-refractivity contribution in [3.05, 3.63) is 34.9 Å². The van der Waals surface area contributed by atoms with E-state index in [0.717, 1.165) is 18.4 Å². The number of carbonyl (C=O) groups excluding carboxylic acids is 2. The van der Waals surface area contributed by atoms with Crippen molar-refractivity contribution in [3.8, 4) is 0 Å². The van der Waals surface area contributed by atoms with Gasteiger partial charge in [0.25, 0.3) is 0 Å². The van der Waals surface area contributed by atoms with Gasteiger partial charge in [0.2, 0.25) is 11.8 Å². The van der Waals surface area contributed by atoms with Crippen LogP contribution in [0, 0.1) is 0 Å². The summed E-state index contributed by atoms with van der Waals surface area (Å²) in [4.78, 5) is 25.1. The lowest BCUT2D eigenvalue weighted by atomic mass is 10.0. The molecule has 0 spiro atoms. The molecule has 21 heavy (non-hydrogen) atoms. The second kappa shape index (κ2) is 8.22. The van der Waals surface area contributed by atoms with Crippen molar-refractivity contribution >= 4 is 35.8 Å². The first-order valence-electron chi connectivity index (χ1n) is 6.64. The van der Waals surface area contributed by atoms with Crippen molar-refractivity contribution in [1.29, 1.82) is 0 Å². The Morgan fingerprint density at radius 2 is 2.10 bits per heavy atom. The number of rotatable bonds is 4. The monoisotopic (exact) mass is 331 g/mol. The zero-order valence-corrected chi connectivity index (χ0v) is 13.1. The molecular formula is C14H19Cl2N3O2. The molecule has 1 saturated heterocycles. The van der Waals surface area contributed by atoms with Gasteiger partial charge in [-0.25, -0.2) is 0 Å². The van der Waals surface area contributed by atoms with E-state index in [9.17, 15) is 9.59 Å². The summed E-state index contributed by atoms with van der Waals surface area (Å²) < 4.78 is 0. The van der Waals surface area contributed by atoms with Crippen LogP contribution in [0.5, 0.6) is 0 Å². The first-order chi connectivity index (χ1) is 9.63. The van der Waals surface area contributed by atoms with E-state index in [1.165, 1.54) is 0 Å². The third kappa shape index (κ3) is 4.33. The van der Waals surface area contributed by atoms with E-state index >= 15 is 0 Å². The fourth-order valence-electron chi connectivity index (χ4n) is 2.48. The van der Waals surface area contributed by atoms with E-state index in [1.807, 2.05) is 24.3 Å². The molecule has 7 heteroatoms. The Hall–Kier alpha value is -1.30. The van der Waals surface area contributed by atoms with Gasteiger partial charge in [-0.1, -0.05) is 29.8 Å². The molecule has 1 unspecified atom stereocenters. The number of likely N-dealkylation sites (tertiary alicyclic amines) is 1. The number of benzene rings is 1. The first kappa shape index (κ1) is 17.8. The fraction of sp³-hybridized carbons (Fsp3) is 0.429. The summed E-state index contributed by atoms with van der Waals surface area (Å²) in [5.74, 6) is -0.430. The topological polar surface area (TPSA) is 75.4 Å². The summed E-state index contributed by atoms with van der Waals surface area (Å²) in [6.45, 7) is 0.561. The van der Waals surface area contributed by atoms with Crippen LogP contribution < -0.4 is 11.1 Å². The largest absolute Gasteiger partial charge is 0.346 e. The van der Waals surface area contributed by atoms with Crippen LogP contribution in [0.2, 0.25) is 5.02 Å². The molecule has 0 bridgehead atoms. The molecule has 1 aromatic rings. The Morgan fingerprint density at radius 1 is 1.38 bits per heavy atom. The molecule has 116 valence electrons. The summed E-state index contributed by atoms with van der Waals surface area (Å²) >= 11 is 6.20. The van der Waals surface area contributed by atoms with Gasteiger partial charge in [-0.3, -0.25) is 9.59 Å². The van der Waals surface area contributed by atoms with Crippen molar-refractivity contribution in [2.24, 2.45) is 5.73 Å². The highest BCUT2D eigenvalue weighted by Crippen LogP contribution is 2.35. The number of nitrogens with one attached hydrogen (secondary N) is 1. The fourth-order valence-corrected chi connectivity index (χ4v) is 2.74. The molecule has 0 saturated carbocycles. The zero-order valence-electron chi connectivity index (χ0n) is 11.5. The van der Waals surface area contributed by atoms with Gasteiger partial charge in [0.15, 0.2) is 0 Å². The third-order valence-corrected chi connectivity index (χ3v) is 3.80. The predicted octanol–water partition coefficient (Wildman–Crippen LogP) is 1.50. The molecule has 1 fully saturated rings. The standard InChI is InChI=1S/C14H18ClN3O2.ClH/c15-11-5-2-1-4-10(11)12-6-3-7-18(12)14(20)9-17-13(19)8-16;/h1-2,4-5,12H,3,6-9,16H2,(H,17,19);1H.